The largest absolute Gasteiger partial charge is 0.444 e. The highest BCUT2D eigenvalue weighted by Gasteiger charge is 2.24. The summed E-state index contributed by atoms with van der Waals surface area (Å²) in [5, 5.41) is 2.90. The minimum atomic E-state index is -3.71. The van der Waals surface area contributed by atoms with Gasteiger partial charge in [0.2, 0.25) is 10.0 Å². The van der Waals surface area contributed by atoms with E-state index in [0.29, 0.717) is 24.5 Å². The fourth-order valence-electron chi connectivity index (χ4n) is 2.86. The molecule has 7 nitrogen and oxygen atoms in total. The third-order valence-corrected chi connectivity index (χ3v) is 6.74. The lowest BCUT2D eigenvalue weighted by Gasteiger charge is -2.19. The average Bonchev–Trinajstić information content (AvgIpc) is 3.24. The van der Waals surface area contributed by atoms with Gasteiger partial charge in [0.05, 0.1) is 21.7 Å². The summed E-state index contributed by atoms with van der Waals surface area (Å²) in [6, 6.07) is 11.1. The van der Waals surface area contributed by atoms with E-state index in [0.717, 1.165) is 5.56 Å². The molecule has 0 spiro atoms. The van der Waals surface area contributed by atoms with Crippen LogP contribution in [0.3, 0.4) is 0 Å². The number of oxazole rings is 1. The van der Waals surface area contributed by atoms with E-state index in [1.54, 1.807) is 38.2 Å². The van der Waals surface area contributed by atoms with Crippen LogP contribution in [0.4, 0.5) is 5.69 Å². The van der Waals surface area contributed by atoms with Crippen LogP contribution in [-0.4, -0.2) is 36.7 Å². The first-order valence-electron chi connectivity index (χ1n) is 8.96. The molecule has 0 saturated carbocycles. The molecule has 0 atom stereocenters. The summed E-state index contributed by atoms with van der Waals surface area (Å²) in [7, 11) is -3.71. The molecule has 0 radical (unpaired) electrons. The Labute approximate surface area is 174 Å². The maximum absolute atomic E-state index is 12.8. The molecule has 1 N–H and O–H groups in total. The Balaban J connectivity index is 1.89. The van der Waals surface area contributed by atoms with E-state index < -0.39 is 15.9 Å². The number of hydrogen-bond acceptors (Lipinski definition) is 5. The number of aromatic nitrogens is 1. The number of halogens is 1. The molecular formula is C20H20ClN3O4S. The molecule has 1 aromatic heterocycles. The number of carbonyl (C=O) groups excluding carboxylic acids is 1. The van der Waals surface area contributed by atoms with Crippen molar-refractivity contribution in [3.8, 4) is 11.3 Å². The van der Waals surface area contributed by atoms with Crippen LogP contribution in [0.15, 0.2) is 64.4 Å². The van der Waals surface area contributed by atoms with E-state index in [2.05, 4.69) is 10.3 Å². The fraction of sp³-hybridized carbons (Fsp3) is 0.200. The van der Waals surface area contributed by atoms with E-state index in [4.69, 9.17) is 16.0 Å². The Morgan fingerprint density at radius 3 is 2.59 bits per heavy atom. The zero-order valence-electron chi connectivity index (χ0n) is 15.9. The molecule has 0 aliphatic heterocycles. The molecule has 0 aliphatic rings. The lowest BCUT2D eigenvalue weighted by Crippen LogP contribution is -2.30. The Morgan fingerprint density at radius 1 is 1.17 bits per heavy atom. The van der Waals surface area contributed by atoms with Crippen molar-refractivity contribution in [2.45, 2.75) is 18.7 Å². The zero-order chi connectivity index (χ0) is 21.0. The van der Waals surface area contributed by atoms with Crippen molar-refractivity contribution in [1.82, 2.24) is 9.29 Å². The van der Waals surface area contributed by atoms with Crippen molar-refractivity contribution in [2.24, 2.45) is 0 Å². The number of hydrogen-bond donors (Lipinski definition) is 1. The minimum absolute atomic E-state index is 0.0196. The lowest BCUT2D eigenvalue weighted by atomic mass is 10.1. The molecular weight excluding hydrogens is 414 g/mol. The van der Waals surface area contributed by atoms with Gasteiger partial charge in [0.15, 0.2) is 12.2 Å². The van der Waals surface area contributed by atoms with Crippen LogP contribution in [0.1, 0.15) is 24.2 Å². The van der Waals surface area contributed by atoms with Gasteiger partial charge in [-0.2, -0.15) is 4.31 Å². The van der Waals surface area contributed by atoms with Gasteiger partial charge in [-0.3, -0.25) is 4.79 Å². The van der Waals surface area contributed by atoms with Gasteiger partial charge in [-0.05, 0) is 30.3 Å². The molecule has 1 amide bonds. The first kappa shape index (κ1) is 21.0. The highest BCUT2D eigenvalue weighted by atomic mass is 35.5. The average molecular weight is 434 g/mol. The van der Waals surface area contributed by atoms with Crippen molar-refractivity contribution in [2.75, 3.05) is 18.4 Å². The minimum Gasteiger partial charge on any atom is -0.444 e. The number of nitrogens with zero attached hydrogens (tertiary/aromatic N) is 2. The fourth-order valence-corrected chi connectivity index (χ4v) is 4.55. The number of anilines is 1. The second-order valence-electron chi connectivity index (χ2n) is 6.13. The summed E-state index contributed by atoms with van der Waals surface area (Å²) in [6.07, 6.45) is 2.89. The molecule has 29 heavy (non-hydrogen) atoms. The van der Waals surface area contributed by atoms with E-state index in [9.17, 15) is 13.2 Å². The van der Waals surface area contributed by atoms with Gasteiger partial charge in [0, 0.05) is 24.3 Å². The highest BCUT2D eigenvalue weighted by molar-refractivity contribution is 7.89. The Kier molecular flexibility index (Phi) is 6.36. The predicted octanol–water partition coefficient (Wildman–Crippen LogP) is 4.28. The predicted molar refractivity (Wildman–Crippen MR) is 111 cm³/mol. The summed E-state index contributed by atoms with van der Waals surface area (Å²) in [6.45, 7) is 4.17. The number of sulfonamides is 1. The quantitative estimate of drug-likeness (QED) is 0.600. The van der Waals surface area contributed by atoms with Gasteiger partial charge in [-0.25, -0.2) is 13.4 Å². The highest BCUT2D eigenvalue weighted by Crippen LogP contribution is 2.26. The second-order valence-corrected chi connectivity index (χ2v) is 8.48. The monoisotopic (exact) mass is 433 g/mol. The van der Waals surface area contributed by atoms with Crippen LogP contribution in [0, 0.1) is 0 Å². The molecule has 0 unspecified atom stereocenters. The summed E-state index contributed by atoms with van der Waals surface area (Å²) in [4.78, 5) is 16.7. The number of rotatable bonds is 7. The normalized spacial score (nSPS) is 11.6. The molecule has 152 valence electrons. The number of amides is 1. The zero-order valence-corrected chi connectivity index (χ0v) is 17.5. The van der Waals surface area contributed by atoms with E-state index in [1.165, 1.54) is 28.9 Å². The van der Waals surface area contributed by atoms with Gasteiger partial charge >= 0.3 is 0 Å². The molecule has 2 aromatic carbocycles. The Bertz CT molecular complexity index is 1110. The summed E-state index contributed by atoms with van der Waals surface area (Å²) < 4.78 is 32.1. The van der Waals surface area contributed by atoms with Gasteiger partial charge < -0.3 is 9.73 Å². The molecule has 0 bridgehead atoms. The first-order chi connectivity index (χ1) is 13.9. The first-order valence-corrected chi connectivity index (χ1v) is 10.8. The van der Waals surface area contributed by atoms with Crippen LogP contribution in [0.2, 0.25) is 5.02 Å². The SMILES string of the molecule is CCN(CC)S(=O)(=O)c1ccc(Cl)c(C(=O)Nc2cccc(-c3cnco3)c2)c1. The second kappa shape index (κ2) is 8.77. The topological polar surface area (TPSA) is 92.5 Å². The van der Waals surface area contributed by atoms with Crippen LogP contribution in [0.5, 0.6) is 0 Å². The Morgan fingerprint density at radius 2 is 1.93 bits per heavy atom. The third kappa shape index (κ3) is 4.50. The van der Waals surface area contributed by atoms with Gasteiger partial charge in [-0.15, -0.1) is 0 Å². The van der Waals surface area contributed by atoms with Gasteiger partial charge in [0.1, 0.15) is 0 Å². The Hall–Kier alpha value is -2.68. The van der Waals surface area contributed by atoms with Crippen LogP contribution in [0.25, 0.3) is 11.3 Å². The molecule has 9 heteroatoms. The standard InChI is InChI=1S/C20H20ClN3O4S/c1-3-24(4-2)29(26,27)16-8-9-18(21)17(11-16)20(25)23-15-7-5-6-14(10-15)19-12-22-13-28-19/h5-13H,3-4H2,1-2H3,(H,23,25). The molecule has 0 fully saturated rings. The van der Waals surface area contributed by atoms with Crippen LogP contribution in [-0.2, 0) is 10.0 Å². The van der Waals surface area contributed by atoms with Crippen molar-refractivity contribution in [3.63, 3.8) is 0 Å². The van der Waals surface area contributed by atoms with Crippen LogP contribution >= 0.6 is 11.6 Å². The lowest BCUT2D eigenvalue weighted by molar-refractivity contribution is 0.102. The molecule has 0 aliphatic carbocycles. The van der Waals surface area contributed by atoms with Crippen molar-refractivity contribution >= 4 is 33.2 Å². The molecule has 3 aromatic rings. The molecule has 3 rings (SSSR count). The third-order valence-electron chi connectivity index (χ3n) is 4.36. The van der Waals surface area contributed by atoms with E-state index >= 15 is 0 Å². The van der Waals surface area contributed by atoms with Gasteiger partial charge in [0.25, 0.3) is 5.91 Å². The summed E-state index contributed by atoms with van der Waals surface area (Å²) in [5.74, 6) is 0.0489. The number of nitrogens with one attached hydrogen (secondary N) is 1. The maximum Gasteiger partial charge on any atom is 0.257 e. The van der Waals surface area contributed by atoms with Crippen molar-refractivity contribution in [1.29, 1.82) is 0 Å². The van der Waals surface area contributed by atoms with Crippen molar-refractivity contribution in [3.05, 3.63) is 65.6 Å². The van der Waals surface area contributed by atoms with Crippen LogP contribution < -0.4 is 5.32 Å². The van der Waals surface area contributed by atoms with E-state index in [1.807, 2.05) is 6.07 Å². The molecule has 0 saturated heterocycles. The number of carbonyl (C=O) groups is 1. The molecule has 1 heterocycles. The summed E-state index contributed by atoms with van der Waals surface area (Å²) in [5.41, 5.74) is 1.33. The smallest absolute Gasteiger partial charge is 0.257 e. The van der Waals surface area contributed by atoms with Crippen molar-refractivity contribution < 1.29 is 17.6 Å². The summed E-state index contributed by atoms with van der Waals surface area (Å²) >= 11 is 6.17. The number of benzene rings is 2. The maximum atomic E-state index is 12.8. The van der Waals surface area contributed by atoms with Gasteiger partial charge in [-0.1, -0.05) is 37.6 Å². The van der Waals surface area contributed by atoms with E-state index in [-0.39, 0.29) is 15.5 Å².